The Morgan fingerprint density at radius 3 is 1.12 bits per heavy atom. The maximum atomic E-state index is 16.2. The molecule has 8 bridgehead atoms. The van der Waals surface area contributed by atoms with Crippen LogP contribution in [0.25, 0.3) is 46.4 Å². The van der Waals surface area contributed by atoms with Gasteiger partial charge in [-0.15, -0.1) is 0 Å². The van der Waals surface area contributed by atoms with Crippen LogP contribution in [0.4, 0.5) is 123 Å². The molecular formula is C32H10F28N4. The smallest absolute Gasteiger partial charge is 0.355 e. The van der Waals surface area contributed by atoms with Gasteiger partial charge in [0.15, 0.2) is 0 Å². The van der Waals surface area contributed by atoms with Gasteiger partial charge in [-0.3, -0.25) is 4.57 Å². The second kappa shape index (κ2) is 14.1. The molecule has 4 nitrogen and oxygen atoms in total. The molecule has 1 N–H and O–H groups in total. The van der Waals surface area contributed by atoms with Crippen LogP contribution in [0.5, 0.6) is 0 Å². The lowest BCUT2D eigenvalue weighted by atomic mass is 9.88. The van der Waals surface area contributed by atoms with Crippen LogP contribution < -0.4 is 0 Å². The molecule has 354 valence electrons. The van der Waals surface area contributed by atoms with Gasteiger partial charge in [0.2, 0.25) is 0 Å². The number of fused-ring (bicyclic) bond motifs is 8. The first-order valence-electron chi connectivity index (χ1n) is 15.8. The molecule has 0 spiro atoms. The van der Waals surface area contributed by atoms with Crippen LogP contribution in [0.2, 0.25) is 0 Å². The lowest BCUT2D eigenvalue weighted by Gasteiger charge is -2.34. The van der Waals surface area contributed by atoms with Crippen LogP contribution in [0.1, 0.15) is 39.5 Å². The fourth-order valence-corrected chi connectivity index (χ4v) is 5.84. The quantitative estimate of drug-likeness (QED) is 0.158. The van der Waals surface area contributed by atoms with E-state index in [2.05, 4.69) is 15.0 Å². The van der Waals surface area contributed by atoms with E-state index in [1.807, 2.05) is 0 Å². The van der Waals surface area contributed by atoms with Gasteiger partial charge >= 0.3 is 72.2 Å². The third-order valence-corrected chi connectivity index (χ3v) is 8.88. The molecule has 0 atom stereocenters. The molecule has 3 aromatic rings. The topological polar surface area (TPSA) is 46.5 Å². The van der Waals surface area contributed by atoms with Crippen LogP contribution in [-0.2, 0) is 23.8 Å². The van der Waals surface area contributed by atoms with E-state index in [0.29, 0.717) is 18.2 Å². The van der Waals surface area contributed by atoms with Crippen LogP contribution >= 0.6 is 0 Å². The van der Waals surface area contributed by atoms with Crippen molar-refractivity contribution in [3.63, 3.8) is 0 Å². The SMILES string of the molecule is FC(F)(F)C(F)(F)C(F)(F)c1c(C(F)(F)C(F)(F)C(F)(F)F)c2c(C(F)(F)C(F)(F)C(F)(F)F)c3nc(cc4ccc(cc5nc(cc1n2C(F)(F)C(F)(F)C(F)(F)F)C=C5)[nH]4)C=C3. The third kappa shape index (κ3) is 7.06. The summed E-state index contributed by atoms with van der Waals surface area (Å²) in [5.41, 5.74) is -32.5. The Morgan fingerprint density at radius 1 is 0.375 bits per heavy atom. The van der Waals surface area contributed by atoms with E-state index in [-0.39, 0.29) is 17.7 Å². The van der Waals surface area contributed by atoms with Crippen molar-refractivity contribution in [3.8, 4) is 0 Å². The molecule has 0 saturated heterocycles. The Hall–Kier alpha value is -5.36. The van der Waals surface area contributed by atoms with Gasteiger partial charge in [-0.25, -0.2) is 9.97 Å². The summed E-state index contributed by atoms with van der Waals surface area (Å²) < 4.78 is 410. The van der Waals surface area contributed by atoms with Crippen molar-refractivity contribution in [1.29, 1.82) is 0 Å². The zero-order valence-corrected chi connectivity index (χ0v) is 29.1. The largest absolute Gasteiger partial charge is 0.462 e. The summed E-state index contributed by atoms with van der Waals surface area (Å²) in [4.78, 5) is 8.30. The van der Waals surface area contributed by atoms with Crippen molar-refractivity contribution < 1.29 is 123 Å². The fraction of sp³-hybridized carbons (Fsp3) is 0.375. The molecule has 32 heteroatoms. The van der Waals surface area contributed by atoms with E-state index in [1.54, 1.807) is 0 Å². The normalized spacial score (nSPS) is 15.7. The average molecular weight is 982 g/mol. The van der Waals surface area contributed by atoms with Crippen molar-refractivity contribution in [2.75, 3.05) is 0 Å². The van der Waals surface area contributed by atoms with E-state index in [0.717, 1.165) is 12.1 Å². The summed E-state index contributed by atoms with van der Waals surface area (Å²) in [5, 5.41) is 0. The zero-order chi connectivity index (χ0) is 49.4. The Kier molecular flexibility index (Phi) is 10.9. The number of H-pyrrole nitrogens is 1. The van der Waals surface area contributed by atoms with Gasteiger partial charge in [0.25, 0.3) is 0 Å². The molecule has 64 heavy (non-hydrogen) atoms. The second-order valence-corrected chi connectivity index (χ2v) is 13.1. The number of halogens is 28. The van der Waals surface area contributed by atoms with Crippen molar-refractivity contribution in [1.82, 2.24) is 19.5 Å². The highest BCUT2D eigenvalue weighted by Gasteiger charge is 2.82. The summed E-state index contributed by atoms with van der Waals surface area (Å²) in [6, 6.07) is -6.92. The van der Waals surface area contributed by atoms with E-state index < -0.39 is 145 Å². The zero-order valence-electron chi connectivity index (χ0n) is 29.1. The van der Waals surface area contributed by atoms with Crippen molar-refractivity contribution in [2.24, 2.45) is 0 Å². The molecule has 3 aromatic heterocycles. The predicted molar refractivity (Wildman–Crippen MR) is 158 cm³/mol. The molecule has 0 aromatic carbocycles. The molecule has 0 fully saturated rings. The molecule has 5 heterocycles. The molecule has 2 aliphatic rings. The minimum atomic E-state index is -8.73. The molecule has 0 saturated carbocycles. The Labute approximate surface area is 331 Å². The number of aromatic amines is 1. The minimum absolute atomic E-state index is 0.00935. The first kappa shape index (κ1) is 49.7. The van der Waals surface area contributed by atoms with Crippen molar-refractivity contribution in [3.05, 3.63) is 69.8 Å². The van der Waals surface area contributed by atoms with E-state index in [1.165, 1.54) is 0 Å². The van der Waals surface area contributed by atoms with Crippen LogP contribution in [-0.4, -0.2) is 67.9 Å². The summed E-state index contributed by atoms with van der Waals surface area (Å²) in [6.07, 6.45) is -33.2. The lowest BCUT2D eigenvalue weighted by molar-refractivity contribution is -0.379. The number of nitrogens with one attached hydrogen (secondary N) is 1. The maximum absolute atomic E-state index is 16.2. The summed E-state index contributed by atoms with van der Waals surface area (Å²) in [7, 11) is 0. The second-order valence-electron chi connectivity index (χ2n) is 13.1. The number of alkyl halides is 28. The molecule has 2 aliphatic heterocycles. The number of hydrogen-bond acceptors (Lipinski definition) is 2. The minimum Gasteiger partial charge on any atom is -0.355 e. The van der Waals surface area contributed by atoms with Gasteiger partial charge in [0.05, 0.1) is 50.5 Å². The molecule has 0 radical (unpaired) electrons. The highest BCUT2D eigenvalue weighted by molar-refractivity contribution is 5.86. The predicted octanol–water partition coefficient (Wildman–Crippen LogP) is 13.7. The number of aromatic nitrogens is 4. The highest BCUT2D eigenvalue weighted by atomic mass is 19.5. The standard InChI is InChI=1S/C32H10F28N4/c33-21(34,24(39,40)28(47,48)49)17-15-6-5-13(63-15)8-12-2-1-10(61-12)7-11-3-4-14(62-11)9-16-18(22(35,36)25(41,42)29(50,51)52)19(23(37,38)26(43,44)30(53,54)55)20(17)64(16)32(59,60)27(45,46)31(56,57)58/h1-9,61H. The molecule has 5 rings (SSSR count). The van der Waals surface area contributed by atoms with Gasteiger partial charge in [-0.05, 0) is 54.6 Å². The van der Waals surface area contributed by atoms with E-state index in [4.69, 9.17) is 0 Å². The number of hydrogen-bond donors (Lipinski definition) is 1. The summed E-state index contributed by atoms with van der Waals surface area (Å²) in [6.45, 7) is 0. The Balaban J connectivity index is 2.47. The van der Waals surface area contributed by atoms with E-state index >= 15 is 35.1 Å². The van der Waals surface area contributed by atoms with Crippen LogP contribution in [0.15, 0.2) is 30.3 Å². The van der Waals surface area contributed by atoms with Gasteiger partial charge < -0.3 is 4.98 Å². The fourth-order valence-electron chi connectivity index (χ4n) is 5.84. The van der Waals surface area contributed by atoms with Gasteiger partial charge in [0, 0.05) is 11.0 Å². The molecule has 0 unspecified atom stereocenters. The van der Waals surface area contributed by atoms with Crippen LogP contribution in [0.3, 0.4) is 0 Å². The van der Waals surface area contributed by atoms with Gasteiger partial charge in [-0.2, -0.15) is 123 Å². The first-order valence-corrected chi connectivity index (χ1v) is 15.8. The Morgan fingerprint density at radius 2 is 0.719 bits per heavy atom. The van der Waals surface area contributed by atoms with Crippen molar-refractivity contribution >= 4 is 46.4 Å². The molecule has 0 aliphatic carbocycles. The van der Waals surface area contributed by atoms with Gasteiger partial charge in [0.1, 0.15) is 0 Å². The maximum Gasteiger partial charge on any atom is 0.462 e. The Bertz CT molecular complexity index is 2580. The summed E-state index contributed by atoms with van der Waals surface area (Å²) in [5.74, 6) is -59.5. The van der Waals surface area contributed by atoms with Gasteiger partial charge in [-0.1, -0.05) is 0 Å². The number of rotatable bonds is 8. The molecular weight excluding hydrogens is 972 g/mol. The highest BCUT2D eigenvalue weighted by Crippen LogP contribution is 2.64. The number of nitrogens with zero attached hydrogens (tertiary/aromatic N) is 3. The first-order chi connectivity index (χ1) is 28.3. The summed E-state index contributed by atoms with van der Waals surface area (Å²) >= 11 is 0. The van der Waals surface area contributed by atoms with Crippen LogP contribution in [0, 0.1) is 0 Å². The van der Waals surface area contributed by atoms with E-state index in [9.17, 15) is 87.8 Å². The lowest BCUT2D eigenvalue weighted by Crippen LogP contribution is -2.54. The monoisotopic (exact) mass is 982 g/mol. The van der Waals surface area contributed by atoms with Crippen molar-refractivity contribution in [2.45, 2.75) is 72.2 Å². The third-order valence-electron chi connectivity index (χ3n) is 8.88. The molecule has 0 amide bonds. The average Bonchev–Trinajstić information content (AvgIpc) is 3.90.